The zero-order chi connectivity index (χ0) is 98.1. The third kappa shape index (κ3) is 14.8. The van der Waals surface area contributed by atoms with Gasteiger partial charge in [0.15, 0.2) is 11.6 Å². The van der Waals surface area contributed by atoms with Crippen LogP contribution in [0.2, 0.25) is 0 Å². The SMILES string of the molecule is Cc1ccccc1-c1ccc2c(c1)c1cc(-c3ccc(-c4ccc5c6cc(-c7ccccc7C)ccc6n(-c6cc(-c7nc(-c8ccccc8)cc(-c8ccccc8)n7)c(-n7c8ccccc8c8cc(-c9ccccc9C)ccc87)cc6C#N)c5c4)cc3C)ccc1n2-c1cc(-c2nc(-c3ccccc3)cc(-c3ccccc3)n2)c(-n2c3ccc(-c4ccccc4C)cc3c3cc(-c4ccccc4C)ccc32)cc1C#N. The maximum atomic E-state index is 12.3. The van der Waals surface area contributed by atoms with Gasteiger partial charge in [0, 0.05) is 76.5 Å². The van der Waals surface area contributed by atoms with Crippen LogP contribution in [0.15, 0.2) is 449 Å². The average Bonchev–Trinajstić information content (AvgIpc) is 1.56. The van der Waals surface area contributed by atoms with Gasteiger partial charge in [0.25, 0.3) is 0 Å². The summed E-state index contributed by atoms with van der Waals surface area (Å²) in [7, 11) is 0. The number of rotatable bonds is 17. The minimum absolute atomic E-state index is 0.464. The molecule has 6 heterocycles. The smallest absolute Gasteiger partial charge is 0.162 e. The molecule has 0 bridgehead atoms. The van der Waals surface area contributed by atoms with Crippen LogP contribution in [0.4, 0.5) is 0 Å². The summed E-state index contributed by atoms with van der Waals surface area (Å²) < 4.78 is 9.26. The number of nitriles is 2. The summed E-state index contributed by atoms with van der Waals surface area (Å²) in [6.45, 7) is 13.1. The fourth-order valence-electron chi connectivity index (χ4n) is 22.5. The molecular formula is C136H92N10. The summed E-state index contributed by atoms with van der Waals surface area (Å²) in [6.07, 6.45) is 0. The molecule has 26 aromatic rings. The van der Waals surface area contributed by atoms with Gasteiger partial charge in [0.05, 0.1) is 101 Å². The van der Waals surface area contributed by atoms with Crippen LogP contribution in [0.5, 0.6) is 0 Å². The van der Waals surface area contributed by atoms with Crippen molar-refractivity contribution in [3.63, 3.8) is 0 Å². The van der Waals surface area contributed by atoms with Crippen molar-refractivity contribution in [3.05, 3.63) is 493 Å². The van der Waals surface area contributed by atoms with Crippen LogP contribution in [0, 0.1) is 64.2 Å². The summed E-state index contributed by atoms with van der Waals surface area (Å²) in [5, 5.41) is 33.0. The molecule has 0 amide bonds. The molecule has 0 saturated carbocycles. The van der Waals surface area contributed by atoms with E-state index in [0.29, 0.717) is 34.2 Å². The lowest BCUT2D eigenvalue weighted by Gasteiger charge is -2.19. The molecule has 0 radical (unpaired) electrons. The first-order valence-electron chi connectivity index (χ1n) is 49.6. The van der Waals surface area contributed by atoms with Gasteiger partial charge in [0.2, 0.25) is 0 Å². The second-order valence-corrected chi connectivity index (χ2v) is 38.5. The Bertz CT molecular complexity index is 9760. The van der Waals surface area contributed by atoms with Crippen LogP contribution >= 0.6 is 0 Å². The third-order valence-electron chi connectivity index (χ3n) is 29.8. The number of hydrogen-bond acceptors (Lipinski definition) is 6. The fraction of sp³-hybridized carbons (Fsp3) is 0.0441. The van der Waals surface area contributed by atoms with Gasteiger partial charge in [-0.1, -0.05) is 328 Å². The lowest BCUT2D eigenvalue weighted by Crippen LogP contribution is -2.06. The highest BCUT2D eigenvalue weighted by molar-refractivity contribution is 6.17. The van der Waals surface area contributed by atoms with Crippen LogP contribution in [0.3, 0.4) is 0 Å². The Kier molecular flexibility index (Phi) is 21.2. The Morgan fingerprint density at radius 3 is 0.726 bits per heavy atom. The average molecular weight is 1870 g/mol. The highest BCUT2D eigenvalue weighted by atomic mass is 15.0. The monoisotopic (exact) mass is 1860 g/mol. The minimum atomic E-state index is 0.464. The van der Waals surface area contributed by atoms with E-state index in [2.05, 4.69) is 497 Å². The second kappa shape index (κ2) is 35.5. The molecule has 10 heteroatoms. The van der Waals surface area contributed by atoms with Crippen molar-refractivity contribution in [1.82, 2.24) is 38.2 Å². The van der Waals surface area contributed by atoms with E-state index in [-0.39, 0.29) is 0 Å². The summed E-state index contributed by atoms with van der Waals surface area (Å²) in [6, 6.07) is 166. The van der Waals surface area contributed by atoms with Crippen molar-refractivity contribution in [3.8, 4) is 181 Å². The fourth-order valence-corrected chi connectivity index (χ4v) is 22.5. The molecule has 0 fully saturated rings. The topological polar surface area (TPSA) is 119 Å². The minimum Gasteiger partial charge on any atom is -0.308 e. The van der Waals surface area contributed by atoms with E-state index in [9.17, 15) is 10.5 Å². The van der Waals surface area contributed by atoms with Crippen LogP contribution < -0.4 is 0 Å². The van der Waals surface area contributed by atoms with Gasteiger partial charge >= 0.3 is 0 Å². The Labute approximate surface area is 845 Å². The molecule has 0 aliphatic heterocycles. The Balaban J connectivity index is 0.666. The largest absolute Gasteiger partial charge is 0.308 e. The first-order chi connectivity index (χ1) is 71.8. The van der Waals surface area contributed by atoms with Crippen LogP contribution in [-0.4, -0.2) is 38.2 Å². The standard InChI is InChI=1S/C136H92N10/c1-83-31-19-24-44-103(83)95-53-61-124-111(68-95)109-49-29-30-50-123(109)144(124)133-76-102(82-138)131(78-118(133)136-141-121(91-40-15-9-16-41-91)80-122(142-136)92-42-17-10-18-43-92)146-125-62-54-96(104-45-25-20-32-84(104)2)69-112(125)110-60-52-94(74-132(110)146)93-51-59-108(88(6)67-93)100-58-64-127-114(73-100)113-70-97(105-46-26-21-33-85(105)3)55-63-126(113)143(127)130-77-117(135-139-119(89-36-11-7-12-37-89)79-120(140-135)90-38-13-8-14-39-90)134(75-101(130)81-137)145-128-65-56-98(106-47-27-22-34-86(106)4)71-115(128)116-72-99(57-66-129(116)145)107-48-28-23-35-87(107)5/h7-80H,1-6H3. The van der Waals surface area contributed by atoms with E-state index in [1.165, 1.54) is 27.8 Å². The molecule has 26 rings (SSSR count). The quantitative estimate of drug-likeness (QED) is 0.0896. The molecule has 0 unspecified atom stereocenters. The molecule has 0 aliphatic carbocycles. The molecule has 6 aromatic heterocycles. The van der Waals surface area contributed by atoms with Crippen molar-refractivity contribution in [2.45, 2.75) is 41.5 Å². The molecular weight excluding hydrogens is 1770 g/mol. The highest BCUT2D eigenvalue weighted by Crippen LogP contribution is 2.50. The van der Waals surface area contributed by atoms with Crippen LogP contribution in [-0.2, 0) is 0 Å². The van der Waals surface area contributed by atoms with Crippen LogP contribution in [0.25, 0.3) is 256 Å². The van der Waals surface area contributed by atoms with Gasteiger partial charge in [0.1, 0.15) is 12.1 Å². The van der Waals surface area contributed by atoms with Gasteiger partial charge in [-0.2, -0.15) is 10.5 Å². The molecule has 146 heavy (non-hydrogen) atoms. The Morgan fingerprint density at radius 2 is 0.411 bits per heavy atom. The molecule has 20 aromatic carbocycles. The number of para-hydroxylation sites is 1. The van der Waals surface area contributed by atoms with E-state index in [1.54, 1.807) is 0 Å². The van der Waals surface area contributed by atoms with Crippen molar-refractivity contribution in [1.29, 1.82) is 10.5 Å². The van der Waals surface area contributed by atoms with E-state index >= 15 is 0 Å². The van der Waals surface area contributed by atoms with Gasteiger partial charge < -0.3 is 18.3 Å². The lowest BCUT2D eigenvalue weighted by atomic mass is 9.94. The molecule has 0 spiro atoms. The predicted octanol–water partition coefficient (Wildman–Crippen LogP) is 34.9. The zero-order valence-electron chi connectivity index (χ0n) is 81.2. The molecule has 0 aliphatic rings. The van der Waals surface area contributed by atoms with E-state index in [1.807, 2.05) is 24.3 Å². The lowest BCUT2D eigenvalue weighted by molar-refractivity contribution is 1.11. The van der Waals surface area contributed by atoms with Gasteiger partial charge in [-0.25, -0.2) is 19.9 Å². The summed E-state index contributed by atoms with van der Waals surface area (Å²) in [4.78, 5) is 22.7. The van der Waals surface area contributed by atoms with E-state index < -0.39 is 0 Å². The first kappa shape index (κ1) is 87.0. The van der Waals surface area contributed by atoms with E-state index in [0.717, 1.165) is 238 Å². The van der Waals surface area contributed by atoms with Gasteiger partial charge in [-0.15, -0.1) is 0 Å². The summed E-state index contributed by atoms with van der Waals surface area (Å²) >= 11 is 0. The normalized spacial score (nSPS) is 11.6. The molecule has 0 atom stereocenters. The number of fused-ring (bicyclic) bond motifs is 12. The maximum absolute atomic E-state index is 12.3. The number of aryl methyl sites for hydroxylation is 6. The van der Waals surface area contributed by atoms with Crippen molar-refractivity contribution >= 4 is 87.2 Å². The maximum Gasteiger partial charge on any atom is 0.162 e. The molecule has 686 valence electrons. The molecule has 10 nitrogen and oxygen atoms in total. The highest BCUT2D eigenvalue weighted by Gasteiger charge is 2.30. The zero-order valence-corrected chi connectivity index (χ0v) is 81.2. The number of hydrogen-bond donors (Lipinski definition) is 0. The number of benzene rings is 20. The molecule has 0 N–H and O–H groups in total. The van der Waals surface area contributed by atoms with Crippen molar-refractivity contribution < 1.29 is 0 Å². The number of nitrogens with zero attached hydrogens (tertiary/aromatic N) is 10. The first-order valence-corrected chi connectivity index (χ1v) is 49.6. The third-order valence-corrected chi connectivity index (χ3v) is 29.8. The van der Waals surface area contributed by atoms with Gasteiger partial charge in [-0.05, 0) is 274 Å². The van der Waals surface area contributed by atoms with E-state index in [4.69, 9.17) is 19.9 Å². The Hall–Kier alpha value is -19.3. The van der Waals surface area contributed by atoms with Crippen LogP contribution in [0.1, 0.15) is 44.5 Å². The second-order valence-electron chi connectivity index (χ2n) is 38.5. The van der Waals surface area contributed by atoms with Crippen molar-refractivity contribution in [2.75, 3.05) is 0 Å². The van der Waals surface area contributed by atoms with Gasteiger partial charge in [-0.3, -0.25) is 0 Å². The molecule has 0 saturated heterocycles. The van der Waals surface area contributed by atoms with Crippen molar-refractivity contribution in [2.24, 2.45) is 0 Å². The Morgan fingerprint density at radius 1 is 0.164 bits per heavy atom. The summed E-state index contributed by atoms with van der Waals surface area (Å²) in [5.74, 6) is 1.00. The number of aromatic nitrogens is 8. The predicted molar refractivity (Wildman–Crippen MR) is 603 cm³/mol. The summed E-state index contributed by atoms with van der Waals surface area (Å²) in [5.41, 5.74) is 42.1.